The third kappa shape index (κ3) is 2.81. The molecule has 1 saturated heterocycles. The van der Waals surface area contributed by atoms with Crippen molar-refractivity contribution in [1.29, 1.82) is 0 Å². The lowest BCUT2D eigenvalue weighted by Crippen LogP contribution is -2.59. The summed E-state index contributed by atoms with van der Waals surface area (Å²) >= 11 is 0. The summed E-state index contributed by atoms with van der Waals surface area (Å²) in [6.07, 6.45) is 2.97. The van der Waals surface area contributed by atoms with E-state index in [9.17, 15) is 14.7 Å². The Hall–Kier alpha value is -1.14. The molecule has 2 fully saturated rings. The average molecular weight is 257 g/mol. The SMILES string of the molecule is O=C(NC1(C(=O)O)CCCCC1)[C@@H]1COCCO1. The van der Waals surface area contributed by atoms with E-state index >= 15 is 0 Å². The molecule has 18 heavy (non-hydrogen) atoms. The number of rotatable bonds is 3. The van der Waals surface area contributed by atoms with Crippen molar-refractivity contribution >= 4 is 11.9 Å². The quantitative estimate of drug-likeness (QED) is 0.760. The molecule has 0 spiro atoms. The van der Waals surface area contributed by atoms with Gasteiger partial charge in [0.15, 0.2) is 6.10 Å². The molecule has 102 valence electrons. The summed E-state index contributed by atoms with van der Waals surface area (Å²) in [4.78, 5) is 23.4. The largest absolute Gasteiger partial charge is 0.480 e. The van der Waals surface area contributed by atoms with Gasteiger partial charge in [-0.2, -0.15) is 0 Å². The number of carboxylic acids is 1. The third-order valence-corrected chi connectivity index (χ3v) is 3.59. The number of carbonyl (C=O) groups is 2. The van der Waals surface area contributed by atoms with Gasteiger partial charge in [-0.25, -0.2) is 4.79 Å². The first-order valence-corrected chi connectivity index (χ1v) is 6.39. The Kier molecular flexibility index (Phi) is 4.19. The normalized spacial score (nSPS) is 27.4. The molecule has 0 bridgehead atoms. The van der Waals surface area contributed by atoms with E-state index in [1.807, 2.05) is 0 Å². The number of nitrogens with one attached hydrogen (secondary N) is 1. The van der Waals surface area contributed by atoms with Crippen LogP contribution in [0.5, 0.6) is 0 Å². The maximum absolute atomic E-state index is 12.0. The number of hydrogen-bond acceptors (Lipinski definition) is 4. The lowest BCUT2D eigenvalue weighted by atomic mass is 9.81. The molecular formula is C12H19NO5. The van der Waals surface area contributed by atoms with Crippen LogP contribution >= 0.6 is 0 Å². The summed E-state index contributed by atoms with van der Waals surface area (Å²) < 4.78 is 10.4. The van der Waals surface area contributed by atoms with Crippen molar-refractivity contribution in [1.82, 2.24) is 5.32 Å². The number of aliphatic carboxylic acids is 1. The number of ether oxygens (including phenoxy) is 2. The number of carbonyl (C=O) groups excluding carboxylic acids is 1. The Morgan fingerprint density at radius 1 is 1.17 bits per heavy atom. The van der Waals surface area contributed by atoms with E-state index in [0.29, 0.717) is 26.1 Å². The van der Waals surface area contributed by atoms with Crippen LogP contribution in [0.4, 0.5) is 0 Å². The van der Waals surface area contributed by atoms with Crippen LogP contribution in [0.3, 0.4) is 0 Å². The fourth-order valence-corrected chi connectivity index (χ4v) is 2.50. The van der Waals surface area contributed by atoms with E-state index < -0.39 is 17.6 Å². The molecular weight excluding hydrogens is 238 g/mol. The molecule has 0 unspecified atom stereocenters. The van der Waals surface area contributed by atoms with Gasteiger partial charge < -0.3 is 19.9 Å². The van der Waals surface area contributed by atoms with Gasteiger partial charge in [0.2, 0.25) is 0 Å². The third-order valence-electron chi connectivity index (χ3n) is 3.59. The first-order chi connectivity index (χ1) is 8.64. The van der Waals surface area contributed by atoms with Crippen LogP contribution in [0.15, 0.2) is 0 Å². The Morgan fingerprint density at radius 3 is 2.44 bits per heavy atom. The van der Waals surface area contributed by atoms with E-state index in [2.05, 4.69) is 5.32 Å². The fraction of sp³-hybridized carbons (Fsp3) is 0.833. The molecule has 6 nitrogen and oxygen atoms in total. The lowest BCUT2D eigenvalue weighted by molar-refractivity contribution is -0.157. The van der Waals surface area contributed by atoms with Gasteiger partial charge in [-0.1, -0.05) is 19.3 Å². The van der Waals surface area contributed by atoms with Gasteiger partial charge in [0.1, 0.15) is 5.54 Å². The smallest absolute Gasteiger partial charge is 0.329 e. The second kappa shape index (κ2) is 5.67. The van der Waals surface area contributed by atoms with Crippen LogP contribution in [-0.4, -0.2) is 48.4 Å². The topological polar surface area (TPSA) is 84.9 Å². The van der Waals surface area contributed by atoms with Crippen molar-refractivity contribution in [3.63, 3.8) is 0 Å². The van der Waals surface area contributed by atoms with Gasteiger partial charge in [-0.05, 0) is 12.8 Å². The number of hydrogen-bond donors (Lipinski definition) is 2. The Labute approximate surface area is 106 Å². The first-order valence-electron chi connectivity index (χ1n) is 6.39. The molecule has 0 radical (unpaired) electrons. The molecule has 0 aromatic rings. The van der Waals surface area contributed by atoms with E-state index in [1.54, 1.807) is 0 Å². The van der Waals surface area contributed by atoms with Crippen molar-refractivity contribution in [2.45, 2.75) is 43.7 Å². The second-order valence-electron chi connectivity index (χ2n) is 4.87. The molecule has 1 heterocycles. The van der Waals surface area contributed by atoms with Crippen LogP contribution in [-0.2, 0) is 19.1 Å². The monoisotopic (exact) mass is 257 g/mol. The molecule has 1 saturated carbocycles. The molecule has 1 amide bonds. The fourth-order valence-electron chi connectivity index (χ4n) is 2.50. The number of amides is 1. The molecule has 0 aromatic heterocycles. The molecule has 6 heteroatoms. The van der Waals surface area contributed by atoms with Crippen LogP contribution in [0, 0.1) is 0 Å². The zero-order valence-electron chi connectivity index (χ0n) is 10.3. The van der Waals surface area contributed by atoms with Gasteiger partial charge in [-0.15, -0.1) is 0 Å². The number of carboxylic acid groups (broad SMARTS) is 1. The highest BCUT2D eigenvalue weighted by Crippen LogP contribution is 2.28. The molecule has 2 aliphatic rings. The van der Waals surface area contributed by atoms with E-state index in [0.717, 1.165) is 19.3 Å². The maximum Gasteiger partial charge on any atom is 0.329 e. The average Bonchev–Trinajstić information content (AvgIpc) is 2.40. The predicted molar refractivity (Wildman–Crippen MR) is 62.2 cm³/mol. The van der Waals surface area contributed by atoms with Gasteiger partial charge in [0.25, 0.3) is 5.91 Å². The summed E-state index contributed by atoms with van der Waals surface area (Å²) in [6.45, 7) is 1.05. The molecule has 1 aliphatic carbocycles. The van der Waals surface area contributed by atoms with Crippen molar-refractivity contribution in [3.8, 4) is 0 Å². The Bertz CT molecular complexity index is 318. The maximum atomic E-state index is 12.0. The molecule has 0 aromatic carbocycles. The predicted octanol–water partition coefficient (Wildman–Crippen LogP) is 0.305. The summed E-state index contributed by atoms with van der Waals surface area (Å²) in [5, 5.41) is 12.0. The molecule has 2 rings (SSSR count). The van der Waals surface area contributed by atoms with E-state index in [4.69, 9.17) is 9.47 Å². The second-order valence-corrected chi connectivity index (χ2v) is 4.87. The van der Waals surface area contributed by atoms with E-state index in [-0.39, 0.29) is 12.5 Å². The highest BCUT2D eigenvalue weighted by molar-refractivity contribution is 5.89. The van der Waals surface area contributed by atoms with Gasteiger partial charge in [-0.3, -0.25) is 4.79 Å². The summed E-state index contributed by atoms with van der Waals surface area (Å²) in [7, 11) is 0. The van der Waals surface area contributed by atoms with Crippen molar-refractivity contribution in [2.75, 3.05) is 19.8 Å². The van der Waals surface area contributed by atoms with Crippen LogP contribution in [0.1, 0.15) is 32.1 Å². The zero-order valence-corrected chi connectivity index (χ0v) is 10.3. The minimum Gasteiger partial charge on any atom is -0.480 e. The highest BCUT2D eigenvalue weighted by atomic mass is 16.6. The standard InChI is InChI=1S/C12H19NO5/c14-10(9-8-17-6-7-18-9)13-12(11(15)16)4-2-1-3-5-12/h9H,1-8H2,(H,13,14)(H,15,16)/t9-/m0/s1. The van der Waals surface area contributed by atoms with Gasteiger partial charge >= 0.3 is 5.97 Å². The molecule has 1 atom stereocenters. The van der Waals surface area contributed by atoms with E-state index in [1.165, 1.54) is 0 Å². The van der Waals surface area contributed by atoms with Crippen LogP contribution in [0.25, 0.3) is 0 Å². The lowest BCUT2D eigenvalue weighted by Gasteiger charge is -2.35. The summed E-state index contributed by atoms with van der Waals surface area (Å²) in [5.41, 5.74) is -1.11. The Balaban J connectivity index is 1.99. The zero-order chi connectivity index (χ0) is 13.0. The van der Waals surface area contributed by atoms with Gasteiger partial charge in [0.05, 0.1) is 19.8 Å². The highest BCUT2D eigenvalue weighted by Gasteiger charge is 2.42. The minimum atomic E-state index is -1.11. The van der Waals surface area contributed by atoms with Gasteiger partial charge in [0, 0.05) is 0 Å². The first kappa shape index (κ1) is 13.3. The summed E-state index contributed by atoms with van der Waals surface area (Å²) in [5.74, 6) is -1.33. The molecule has 2 N–H and O–H groups in total. The summed E-state index contributed by atoms with van der Waals surface area (Å²) in [6, 6.07) is 0. The van der Waals surface area contributed by atoms with Crippen molar-refractivity contribution in [2.24, 2.45) is 0 Å². The van der Waals surface area contributed by atoms with Crippen molar-refractivity contribution < 1.29 is 24.2 Å². The Morgan fingerprint density at radius 2 is 1.89 bits per heavy atom. The minimum absolute atomic E-state index is 0.196. The molecule has 1 aliphatic heterocycles. The van der Waals surface area contributed by atoms with Crippen LogP contribution in [0.2, 0.25) is 0 Å². The van der Waals surface area contributed by atoms with Crippen molar-refractivity contribution in [3.05, 3.63) is 0 Å². The van der Waals surface area contributed by atoms with Crippen LogP contribution < -0.4 is 5.32 Å².